The average Bonchev–Trinajstić information content (AvgIpc) is 3.14. The number of benzene rings is 3. The topological polar surface area (TPSA) is 76.1 Å². The lowest BCUT2D eigenvalue weighted by Gasteiger charge is -2.26. The zero-order valence-electron chi connectivity index (χ0n) is 21.5. The van der Waals surface area contributed by atoms with Crippen LogP contribution in [0.25, 0.3) is 5.76 Å². The lowest BCUT2D eigenvalue weighted by Crippen LogP contribution is -2.29. The predicted molar refractivity (Wildman–Crippen MR) is 146 cm³/mol. The molecule has 192 valence electrons. The van der Waals surface area contributed by atoms with Crippen molar-refractivity contribution in [3.05, 3.63) is 94.0 Å². The number of methoxy groups -OCH3 is 1. The number of amides is 1. The Balaban J connectivity index is 1.91. The van der Waals surface area contributed by atoms with Gasteiger partial charge in [-0.1, -0.05) is 44.5 Å². The molecule has 0 aliphatic carbocycles. The zero-order valence-corrected chi connectivity index (χ0v) is 22.3. The van der Waals surface area contributed by atoms with Gasteiger partial charge in [0.25, 0.3) is 11.7 Å². The molecule has 4 rings (SSSR count). The highest BCUT2D eigenvalue weighted by molar-refractivity contribution is 6.51. The number of ketones is 1. The van der Waals surface area contributed by atoms with Gasteiger partial charge in [0.1, 0.15) is 17.3 Å². The molecule has 1 fully saturated rings. The van der Waals surface area contributed by atoms with Crippen LogP contribution in [0.15, 0.2) is 72.3 Å². The highest BCUT2D eigenvalue weighted by Gasteiger charge is 2.47. The number of hydrogen-bond acceptors (Lipinski definition) is 5. The van der Waals surface area contributed by atoms with E-state index in [0.717, 1.165) is 5.56 Å². The maximum Gasteiger partial charge on any atom is 0.300 e. The van der Waals surface area contributed by atoms with E-state index in [2.05, 4.69) is 0 Å². The van der Waals surface area contributed by atoms with Gasteiger partial charge in [0.15, 0.2) is 0 Å². The van der Waals surface area contributed by atoms with E-state index in [-0.39, 0.29) is 16.7 Å². The minimum absolute atomic E-state index is 0.00577. The van der Waals surface area contributed by atoms with Gasteiger partial charge in [-0.15, -0.1) is 0 Å². The Morgan fingerprint density at radius 2 is 1.65 bits per heavy atom. The Morgan fingerprint density at radius 3 is 2.22 bits per heavy atom. The molecular formula is C30H30ClNO5. The van der Waals surface area contributed by atoms with Crippen molar-refractivity contribution < 1.29 is 24.2 Å². The number of ether oxygens (including phenoxy) is 2. The standard InChI is InChI=1S/C30H30ClNO5/c1-6-37-22-14-12-21(13-15-22)32-26(18-7-10-20(31)11-8-18)25(28(34)29(32)35)27(33)19-9-16-24(36-5)23(17-19)30(2,3)4/h7-17,26,33H,6H2,1-5H3/b27-25-. The van der Waals surface area contributed by atoms with Crippen LogP contribution >= 0.6 is 11.6 Å². The molecule has 0 saturated carbocycles. The second-order valence-electron chi connectivity index (χ2n) is 9.81. The van der Waals surface area contributed by atoms with Crippen molar-refractivity contribution in [3.8, 4) is 11.5 Å². The molecule has 7 heteroatoms. The Hall–Kier alpha value is -3.77. The van der Waals surface area contributed by atoms with Crippen molar-refractivity contribution in [2.24, 2.45) is 0 Å². The number of Topliss-reactive ketones (excluding diaryl/α,β-unsaturated/α-hetero) is 1. The monoisotopic (exact) mass is 519 g/mol. The molecule has 0 bridgehead atoms. The summed E-state index contributed by atoms with van der Waals surface area (Å²) in [5.74, 6) is -0.415. The minimum Gasteiger partial charge on any atom is -0.507 e. The lowest BCUT2D eigenvalue weighted by molar-refractivity contribution is -0.132. The first kappa shape index (κ1) is 26.3. The number of nitrogens with zero attached hydrogens (tertiary/aromatic N) is 1. The van der Waals surface area contributed by atoms with Crippen molar-refractivity contribution >= 4 is 34.7 Å². The molecule has 1 amide bonds. The number of halogens is 1. The van der Waals surface area contributed by atoms with Crippen LogP contribution in [0.4, 0.5) is 5.69 Å². The van der Waals surface area contributed by atoms with E-state index in [4.69, 9.17) is 21.1 Å². The molecule has 3 aromatic carbocycles. The number of hydrogen-bond donors (Lipinski definition) is 1. The second-order valence-corrected chi connectivity index (χ2v) is 10.2. The van der Waals surface area contributed by atoms with E-state index in [1.807, 2.05) is 27.7 Å². The summed E-state index contributed by atoms with van der Waals surface area (Å²) >= 11 is 6.13. The van der Waals surface area contributed by atoms with Gasteiger partial charge in [0, 0.05) is 21.8 Å². The molecule has 0 aromatic heterocycles. The summed E-state index contributed by atoms with van der Waals surface area (Å²) in [5, 5.41) is 12.0. The molecule has 1 atom stereocenters. The highest BCUT2D eigenvalue weighted by Crippen LogP contribution is 2.43. The Bertz CT molecular complexity index is 1350. The summed E-state index contributed by atoms with van der Waals surface area (Å²) in [6.45, 7) is 8.50. The number of carbonyl (C=O) groups excluding carboxylic acids is 2. The summed E-state index contributed by atoms with van der Waals surface area (Å²) in [5.41, 5.74) is 2.16. The van der Waals surface area contributed by atoms with Gasteiger partial charge < -0.3 is 14.6 Å². The zero-order chi connectivity index (χ0) is 26.9. The third-order valence-electron chi connectivity index (χ3n) is 6.34. The smallest absolute Gasteiger partial charge is 0.300 e. The van der Waals surface area contributed by atoms with Crippen molar-refractivity contribution in [3.63, 3.8) is 0 Å². The van der Waals surface area contributed by atoms with E-state index >= 15 is 0 Å². The van der Waals surface area contributed by atoms with Crippen LogP contribution in [0.3, 0.4) is 0 Å². The maximum absolute atomic E-state index is 13.4. The van der Waals surface area contributed by atoms with Crippen LogP contribution < -0.4 is 14.4 Å². The minimum atomic E-state index is -0.851. The summed E-state index contributed by atoms with van der Waals surface area (Å²) in [4.78, 5) is 28.2. The quantitative estimate of drug-likeness (QED) is 0.223. The van der Waals surface area contributed by atoms with Gasteiger partial charge >= 0.3 is 0 Å². The number of anilines is 1. The third-order valence-corrected chi connectivity index (χ3v) is 6.59. The van der Waals surface area contributed by atoms with E-state index in [1.165, 1.54) is 4.90 Å². The fourth-order valence-electron chi connectivity index (χ4n) is 4.53. The Kier molecular flexibility index (Phi) is 7.32. The Morgan fingerprint density at radius 1 is 1.00 bits per heavy atom. The summed E-state index contributed by atoms with van der Waals surface area (Å²) in [7, 11) is 1.59. The van der Waals surface area contributed by atoms with Gasteiger partial charge in [-0.25, -0.2) is 0 Å². The van der Waals surface area contributed by atoms with Gasteiger partial charge in [0.05, 0.1) is 25.3 Å². The van der Waals surface area contributed by atoms with Crippen LogP contribution in [0.2, 0.25) is 5.02 Å². The van der Waals surface area contributed by atoms with Crippen LogP contribution in [0.1, 0.15) is 50.4 Å². The third kappa shape index (κ3) is 5.07. The van der Waals surface area contributed by atoms with Gasteiger partial charge in [-0.2, -0.15) is 0 Å². The lowest BCUT2D eigenvalue weighted by atomic mass is 9.84. The summed E-state index contributed by atoms with van der Waals surface area (Å²) < 4.78 is 11.1. The predicted octanol–water partition coefficient (Wildman–Crippen LogP) is 6.67. The molecule has 6 nitrogen and oxygen atoms in total. The largest absolute Gasteiger partial charge is 0.507 e. The molecule has 0 radical (unpaired) electrons. The van der Waals surface area contributed by atoms with Crippen molar-refractivity contribution in [2.45, 2.75) is 39.2 Å². The molecule has 3 aromatic rings. The van der Waals surface area contributed by atoms with Crippen molar-refractivity contribution in [1.29, 1.82) is 0 Å². The first-order chi connectivity index (χ1) is 17.6. The van der Waals surface area contributed by atoms with E-state index in [0.29, 0.717) is 39.9 Å². The number of aliphatic hydroxyl groups excluding tert-OH is 1. The number of rotatable bonds is 6. The molecule has 1 aliphatic rings. The van der Waals surface area contributed by atoms with Crippen LogP contribution in [0, 0.1) is 0 Å². The SMILES string of the molecule is CCOc1ccc(N2C(=O)C(=O)/C(=C(\O)c3ccc(OC)c(C(C)(C)C)c3)C2c2ccc(Cl)cc2)cc1. The molecule has 1 unspecified atom stereocenters. The Labute approximate surface area is 222 Å². The summed E-state index contributed by atoms with van der Waals surface area (Å²) in [6.07, 6.45) is 0. The highest BCUT2D eigenvalue weighted by atomic mass is 35.5. The van der Waals surface area contributed by atoms with E-state index in [9.17, 15) is 14.7 Å². The molecule has 1 saturated heterocycles. The first-order valence-corrected chi connectivity index (χ1v) is 12.4. The van der Waals surface area contributed by atoms with E-state index < -0.39 is 17.7 Å². The second kappa shape index (κ2) is 10.3. The van der Waals surface area contributed by atoms with Crippen LogP contribution in [-0.4, -0.2) is 30.5 Å². The normalized spacial score (nSPS) is 17.2. The van der Waals surface area contributed by atoms with Crippen LogP contribution in [0.5, 0.6) is 11.5 Å². The fourth-order valence-corrected chi connectivity index (χ4v) is 4.65. The van der Waals surface area contributed by atoms with E-state index in [1.54, 1.807) is 73.8 Å². The van der Waals surface area contributed by atoms with Crippen molar-refractivity contribution in [2.75, 3.05) is 18.6 Å². The fraction of sp³-hybridized carbons (Fsp3) is 0.267. The van der Waals surface area contributed by atoms with Crippen LogP contribution in [-0.2, 0) is 15.0 Å². The number of carbonyl (C=O) groups is 2. The van der Waals surface area contributed by atoms with Gasteiger partial charge in [-0.3, -0.25) is 14.5 Å². The summed E-state index contributed by atoms with van der Waals surface area (Å²) in [6, 6.07) is 18.2. The van der Waals surface area contributed by atoms with Gasteiger partial charge in [0.2, 0.25) is 0 Å². The molecule has 37 heavy (non-hydrogen) atoms. The molecule has 1 aliphatic heterocycles. The number of aliphatic hydroxyl groups is 1. The van der Waals surface area contributed by atoms with Crippen molar-refractivity contribution in [1.82, 2.24) is 0 Å². The van der Waals surface area contributed by atoms with Gasteiger partial charge in [-0.05, 0) is 72.5 Å². The molecular weight excluding hydrogens is 490 g/mol. The molecule has 0 spiro atoms. The first-order valence-electron chi connectivity index (χ1n) is 12.0. The molecule has 1 N–H and O–H groups in total. The molecule has 1 heterocycles. The average molecular weight is 520 g/mol. The maximum atomic E-state index is 13.4.